The first-order valence-electron chi connectivity index (χ1n) is 11.4. The van der Waals surface area contributed by atoms with Gasteiger partial charge in [0.05, 0.1) is 11.9 Å². The van der Waals surface area contributed by atoms with E-state index in [9.17, 15) is 9.65 Å². The molecule has 0 bridgehead atoms. The molecule has 1 aromatic heterocycles. The van der Waals surface area contributed by atoms with Crippen molar-refractivity contribution in [3.8, 4) is 11.8 Å². The van der Waals surface area contributed by atoms with Gasteiger partial charge in [0, 0.05) is 44.0 Å². The molecule has 1 aromatic carbocycles. The molecule has 1 saturated heterocycles. The third kappa shape index (κ3) is 4.95. The maximum atomic E-state index is 15.0. The van der Waals surface area contributed by atoms with E-state index in [1.54, 1.807) is 12.3 Å². The van der Waals surface area contributed by atoms with Crippen LogP contribution < -0.4 is 26.0 Å². The van der Waals surface area contributed by atoms with Crippen molar-refractivity contribution in [1.82, 2.24) is 10.3 Å². The van der Waals surface area contributed by atoms with E-state index in [0.29, 0.717) is 29.8 Å². The summed E-state index contributed by atoms with van der Waals surface area (Å²) in [5, 5.41) is 16.0. The lowest BCUT2D eigenvalue weighted by atomic mass is 9.75. The number of ether oxygens (including phenoxy) is 1. The Morgan fingerprint density at radius 2 is 2.20 bits per heavy atom. The molecule has 1 atom stereocenters. The Kier molecular flexibility index (Phi) is 7.27. The molecule has 2 heterocycles. The first kappa shape index (κ1) is 24.2. The number of pyridine rings is 1. The molecule has 4 rings (SSSR count). The maximum absolute atomic E-state index is 15.0. The quantitative estimate of drug-likeness (QED) is 0.241. The van der Waals surface area contributed by atoms with Crippen LogP contribution in [0.2, 0.25) is 0 Å². The second-order valence-corrected chi connectivity index (χ2v) is 8.25. The number of aliphatic imine (C=N–C) groups is 1. The normalized spacial score (nSPS) is 18.1. The van der Waals surface area contributed by atoms with Crippen molar-refractivity contribution in [3.05, 3.63) is 71.4 Å². The van der Waals surface area contributed by atoms with Crippen LogP contribution in [0.25, 0.3) is 0 Å². The molecule has 1 aliphatic heterocycles. The number of benzene rings is 1. The van der Waals surface area contributed by atoms with Crippen molar-refractivity contribution in [2.75, 3.05) is 36.4 Å². The molecule has 35 heavy (non-hydrogen) atoms. The van der Waals surface area contributed by atoms with Gasteiger partial charge in [0.15, 0.2) is 23.0 Å². The number of rotatable bonds is 7. The first-order valence-corrected chi connectivity index (χ1v) is 11.4. The maximum Gasteiger partial charge on any atom is 0.212 e. The molecule has 0 amide bonds. The zero-order chi connectivity index (χ0) is 24.9. The number of nitriles is 1. The number of aromatic nitrogens is 1. The molecule has 0 spiro atoms. The largest absolute Gasteiger partial charge is 0.437 e. The van der Waals surface area contributed by atoms with Gasteiger partial charge in [0.1, 0.15) is 17.7 Å². The average molecular weight is 480 g/mol. The SMILES string of the molecule is C=CN=C(Nc1ccc(N2CCNCC2)cn1)/C(C#N)=C(\N)Oc1cc(F)c2c(c1F)C(CC)C2. The lowest BCUT2D eigenvalue weighted by Crippen LogP contribution is -2.43. The fourth-order valence-corrected chi connectivity index (χ4v) is 4.27. The van der Waals surface area contributed by atoms with Crippen LogP contribution in [0.3, 0.4) is 0 Å². The number of piperazine rings is 1. The molecule has 1 aliphatic carbocycles. The van der Waals surface area contributed by atoms with Gasteiger partial charge in [0.2, 0.25) is 5.88 Å². The van der Waals surface area contributed by atoms with Gasteiger partial charge in [-0.1, -0.05) is 13.5 Å². The van der Waals surface area contributed by atoms with Crippen molar-refractivity contribution in [2.45, 2.75) is 25.7 Å². The van der Waals surface area contributed by atoms with E-state index >= 15 is 4.39 Å². The van der Waals surface area contributed by atoms with Crippen LogP contribution in [-0.2, 0) is 6.42 Å². The Morgan fingerprint density at radius 3 is 2.83 bits per heavy atom. The molecule has 2 aliphatic rings. The van der Waals surface area contributed by atoms with E-state index < -0.39 is 17.5 Å². The van der Waals surface area contributed by atoms with Gasteiger partial charge >= 0.3 is 0 Å². The molecule has 8 nitrogen and oxygen atoms in total. The smallest absolute Gasteiger partial charge is 0.212 e. The summed E-state index contributed by atoms with van der Waals surface area (Å²) in [5.74, 6) is -1.67. The third-order valence-corrected chi connectivity index (χ3v) is 6.19. The van der Waals surface area contributed by atoms with E-state index in [4.69, 9.17) is 10.5 Å². The van der Waals surface area contributed by atoms with Gasteiger partial charge in [-0.3, -0.25) is 0 Å². The molecule has 10 heteroatoms. The lowest BCUT2D eigenvalue weighted by molar-refractivity contribution is 0.372. The number of nitrogens with one attached hydrogen (secondary N) is 2. The summed E-state index contributed by atoms with van der Waals surface area (Å²) in [7, 11) is 0. The average Bonchev–Trinajstić information content (AvgIpc) is 2.84. The zero-order valence-electron chi connectivity index (χ0n) is 19.4. The number of halogens is 2. The second-order valence-electron chi connectivity index (χ2n) is 8.25. The number of nitrogens with zero attached hydrogens (tertiary/aromatic N) is 4. The highest BCUT2D eigenvalue weighted by Gasteiger charge is 2.34. The zero-order valence-corrected chi connectivity index (χ0v) is 19.4. The summed E-state index contributed by atoms with van der Waals surface area (Å²) in [5.41, 5.74) is 7.45. The Labute approximate surface area is 202 Å². The number of hydrogen-bond donors (Lipinski definition) is 3. The van der Waals surface area contributed by atoms with E-state index in [1.807, 2.05) is 19.1 Å². The molecule has 1 fully saturated rings. The van der Waals surface area contributed by atoms with Crippen molar-refractivity contribution in [2.24, 2.45) is 10.7 Å². The third-order valence-electron chi connectivity index (χ3n) is 6.19. The Balaban J connectivity index is 1.57. The summed E-state index contributed by atoms with van der Waals surface area (Å²) in [6.45, 7) is 9.04. The van der Waals surface area contributed by atoms with Gasteiger partial charge < -0.3 is 26.0 Å². The standard InChI is InChI=1S/C25H27F2N7O/c1-3-15-11-17-19(26)12-20(23(27)22(15)17)35-24(29)18(13-28)25(31-4-2)33-21-6-5-16(14-32-21)34-9-7-30-8-10-34/h4-6,12,14-15,30H,2-3,7-11,29H2,1H3,(H,31,32,33)/b24-18+. The molecule has 0 radical (unpaired) electrons. The minimum atomic E-state index is -0.667. The Bertz CT molecular complexity index is 1210. The van der Waals surface area contributed by atoms with Gasteiger partial charge in [-0.05, 0) is 36.5 Å². The number of fused-ring (bicyclic) bond motifs is 1. The van der Waals surface area contributed by atoms with Crippen molar-refractivity contribution in [3.63, 3.8) is 0 Å². The number of amidine groups is 1. The van der Waals surface area contributed by atoms with Gasteiger partial charge in [0.25, 0.3) is 0 Å². The first-order chi connectivity index (χ1) is 17.0. The number of anilines is 2. The predicted octanol–water partition coefficient (Wildman–Crippen LogP) is 3.55. The minimum Gasteiger partial charge on any atom is -0.437 e. The molecule has 0 saturated carbocycles. The van der Waals surface area contributed by atoms with Gasteiger partial charge in [-0.2, -0.15) is 5.26 Å². The fourth-order valence-electron chi connectivity index (χ4n) is 4.27. The second kappa shape index (κ2) is 10.5. The highest BCUT2D eigenvalue weighted by molar-refractivity contribution is 6.10. The molecular formula is C25H27F2N7O. The van der Waals surface area contributed by atoms with Crippen LogP contribution in [0.4, 0.5) is 20.3 Å². The van der Waals surface area contributed by atoms with Crippen LogP contribution >= 0.6 is 0 Å². The molecule has 4 N–H and O–H groups in total. The van der Waals surface area contributed by atoms with Crippen LogP contribution in [0.15, 0.2) is 53.6 Å². The summed E-state index contributed by atoms with van der Waals surface area (Å²) in [6, 6.07) is 6.53. The number of hydrogen-bond acceptors (Lipinski definition) is 7. The Morgan fingerprint density at radius 1 is 1.43 bits per heavy atom. The topological polar surface area (TPSA) is 112 Å². The van der Waals surface area contributed by atoms with Crippen LogP contribution in [-0.4, -0.2) is 37.0 Å². The van der Waals surface area contributed by atoms with E-state index in [-0.39, 0.29) is 23.1 Å². The Hall–Kier alpha value is -3.97. The number of nitrogens with two attached hydrogens (primary N) is 1. The lowest BCUT2D eigenvalue weighted by Gasteiger charge is -2.31. The summed E-state index contributed by atoms with van der Waals surface area (Å²) in [4.78, 5) is 10.7. The molecule has 1 unspecified atom stereocenters. The molecule has 182 valence electrons. The minimum absolute atomic E-state index is 0.0127. The van der Waals surface area contributed by atoms with Crippen molar-refractivity contribution in [1.29, 1.82) is 5.26 Å². The van der Waals surface area contributed by atoms with E-state index in [0.717, 1.165) is 37.9 Å². The van der Waals surface area contributed by atoms with E-state index in [1.165, 1.54) is 6.20 Å². The van der Waals surface area contributed by atoms with Crippen LogP contribution in [0.5, 0.6) is 5.75 Å². The molecular weight excluding hydrogens is 452 g/mol. The predicted molar refractivity (Wildman–Crippen MR) is 131 cm³/mol. The summed E-state index contributed by atoms with van der Waals surface area (Å²) < 4.78 is 34.9. The van der Waals surface area contributed by atoms with Gasteiger partial charge in [-0.15, -0.1) is 0 Å². The molecule has 2 aromatic rings. The van der Waals surface area contributed by atoms with Crippen molar-refractivity contribution >= 4 is 17.3 Å². The van der Waals surface area contributed by atoms with Gasteiger partial charge in [-0.25, -0.2) is 18.8 Å². The highest BCUT2D eigenvalue weighted by atomic mass is 19.1. The van der Waals surface area contributed by atoms with Crippen LogP contribution in [0.1, 0.15) is 30.4 Å². The van der Waals surface area contributed by atoms with E-state index in [2.05, 4.69) is 32.1 Å². The van der Waals surface area contributed by atoms with Crippen molar-refractivity contribution < 1.29 is 13.5 Å². The summed E-state index contributed by atoms with van der Waals surface area (Å²) >= 11 is 0. The summed E-state index contributed by atoms with van der Waals surface area (Å²) in [6.07, 6.45) is 4.12. The van der Waals surface area contributed by atoms with Crippen LogP contribution in [0, 0.1) is 23.0 Å². The highest BCUT2D eigenvalue weighted by Crippen LogP contribution is 2.44. The fraction of sp³-hybridized carbons (Fsp3) is 0.320. The monoisotopic (exact) mass is 479 g/mol.